The molecule has 9 heavy (non-hydrogen) atoms. The quantitative estimate of drug-likeness (QED) is 0.192. The van der Waals surface area contributed by atoms with E-state index in [0.29, 0.717) is 6.54 Å². The van der Waals surface area contributed by atoms with Crippen molar-refractivity contribution in [3.05, 3.63) is 5.43 Å². The molecule has 0 aromatic heterocycles. The molecule has 1 N–H and O–H groups in total. The monoisotopic (exact) mass is 128 g/mol. The Balaban J connectivity index is 3.91. The van der Waals surface area contributed by atoms with Crippen molar-refractivity contribution in [3.63, 3.8) is 0 Å². The molecule has 0 aromatic rings. The van der Waals surface area contributed by atoms with Crippen LogP contribution in [0, 0.1) is 5.41 Å². The molecule has 0 saturated carbocycles. The first kappa shape index (κ1) is 8.07. The van der Waals surface area contributed by atoms with E-state index in [2.05, 4.69) is 10.5 Å². The van der Waals surface area contributed by atoms with Gasteiger partial charge in [0.25, 0.3) is 0 Å². The predicted molar refractivity (Wildman–Crippen MR) is 35.9 cm³/mol. The maximum atomic E-state index is 6.96. The first-order valence-corrected chi connectivity index (χ1v) is 2.84. The lowest BCUT2D eigenvalue weighted by molar-refractivity contribution is -0.536. The van der Waals surface area contributed by atoms with E-state index in [1.165, 1.54) is 4.81 Å². The van der Waals surface area contributed by atoms with Crippen LogP contribution < -0.4 is 0 Å². The number of rotatable bonds is 2. The summed E-state index contributed by atoms with van der Waals surface area (Å²) in [4.78, 5) is 1.47. The highest BCUT2D eigenvalue weighted by Crippen LogP contribution is 1.85. The van der Waals surface area contributed by atoms with Gasteiger partial charge in [0.1, 0.15) is 0 Å². The van der Waals surface area contributed by atoms with E-state index < -0.39 is 0 Å². The van der Waals surface area contributed by atoms with Crippen molar-refractivity contribution in [2.45, 2.75) is 13.8 Å². The van der Waals surface area contributed by atoms with E-state index in [1.54, 1.807) is 14.0 Å². The first-order chi connectivity index (χ1) is 4.20. The minimum absolute atomic E-state index is 0.280. The predicted octanol–water partition coefficient (Wildman–Crippen LogP) is 1.39. The van der Waals surface area contributed by atoms with Gasteiger partial charge in [-0.15, -0.1) is 0 Å². The summed E-state index contributed by atoms with van der Waals surface area (Å²) in [6.07, 6.45) is 0. The van der Waals surface area contributed by atoms with Crippen molar-refractivity contribution < 1.29 is 4.81 Å². The summed E-state index contributed by atoms with van der Waals surface area (Å²) < 4.78 is 0. The third-order valence-corrected chi connectivity index (χ3v) is 0.779. The fourth-order valence-corrected chi connectivity index (χ4v) is 0.430. The molecule has 0 unspecified atom stereocenters. The molecule has 0 fully saturated rings. The Hall–Kier alpha value is -0.930. The first-order valence-electron chi connectivity index (χ1n) is 2.84. The fourth-order valence-electron chi connectivity index (χ4n) is 0.430. The van der Waals surface area contributed by atoms with Gasteiger partial charge in [-0.05, 0) is 20.9 Å². The van der Waals surface area contributed by atoms with Crippen LogP contribution in [-0.2, 0) is 0 Å². The number of amidine groups is 1. The molecular formula is C5H12N4. The molecule has 4 nitrogen and oxygen atoms in total. The maximum absolute atomic E-state index is 6.96. The van der Waals surface area contributed by atoms with Gasteiger partial charge in [0.2, 0.25) is 0 Å². The molecule has 0 atom stereocenters. The van der Waals surface area contributed by atoms with Crippen molar-refractivity contribution in [1.82, 2.24) is 0 Å². The Kier molecular flexibility index (Phi) is 3.59. The van der Waals surface area contributed by atoms with Gasteiger partial charge in [-0.1, -0.05) is 0 Å². The maximum Gasteiger partial charge on any atom is 0.159 e. The van der Waals surface area contributed by atoms with Crippen LogP contribution in [-0.4, -0.2) is 24.2 Å². The molecule has 0 aliphatic heterocycles. The Morgan fingerprint density at radius 3 is 2.44 bits per heavy atom. The second-order valence-corrected chi connectivity index (χ2v) is 1.57. The highest BCUT2D eigenvalue weighted by molar-refractivity contribution is 5.75. The minimum Gasteiger partial charge on any atom is -0.305 e. The van der Waals surface area contributed by atoms with Gasteiger partial charge in [-0.3, -0.25) is 0 Å². The molecule has 0 amide bonds. The molecule has 0 bridgehead atoms. The van der Waals surface area contributed by atoms with Crippen LogP contribution >= 0.6 is 0 Å². The van der Waals surface area contributed by atoms with Gasteiger partial charge >= 0.3 is 0 Å². The van der Waals surface area contributed by atoms with E-state index in [-0.39, 0.29) is 5.84 Å². The zero-order valence-electron chi connectivity index (χ0n) is 6.05. The summed E-state index contributed by atoms with van der Waals surface area (Å²) in [6.45, 7) is 4.26. The molecule has 4 heteroatoms. The van der Waals surface area contributed by atoms with Crippen molar-refractivity contribution >= 4 is 5.84 Å². The molecule has 0 spiro atoms. The summed E-state index contributed by atoms with van der Waals surface area (Å²) >= 11 is 0. The summed E-state index contributed by atoms with van der Waals surface area (Å²) in [5, 5.41) is 10.7. The molecule has 0 aromatic carbocycles. The van der Waals surface area contributed by atoms with E-state index in [1.807, 2.05) is 6.92 Å². The summed E-state index contributed by atoms with van der Waals surface area (Å²) in [7, 11) is 1.65. The van der Waals surface area contributed by atoms with E-state index in [4.69, 9.17) is 5.41 Å². The summed E-state index contributed by atoms with van der Waals surface area (Å²) in [6, 6.07) is 0. The fraction of sp³-hybridized carbons (Fsp3) is 0.800. The Morgan fingerprint density at radius 1 is 1.78 bits per heavy atom. The Morgan fingerprint density at radius 2 is 2.33 bits per heavy atom. The van der Waals surface area contributed by atoms with Crippen LogP contribution in [0.25, 0.3) is 5.43 Å². The van der Waals surface area contributed by atoms with Crippen molar-refractivity contribution in [3.8, 4) is 0 Å². The van der Waals surface area contributed by atoms with E-state index in [9.17, 15) is 0 Å². The largest absolute Gasteiger partial charge is 0.305 e. The third kappa shape index (κ3) is 3.64. The van der Waals surface area contributed by atoms with E-state index >= 15 is 0 Å². The van der Waals surface area contributed by atoms with Gasteiger partial charge in [-0.25, -0.2) is 5.43 Å². The smallest absolute Gasteiger partial charge is 0.159 e. The number of hydrogen-bond acceptors (Lipinski definition) is 1. The zero-order chi connectivity index (χ0) is 7.28. The number of hydrogen-bond donors (Lipinski definition) is 1. The van der Waals surface area contributed by atoms with Crippen LogP contribution in [0.1, 0.15) is 13.8 Å². The lowest BCUT2D eigenvalue weighted by Gasteiger charge is -2.01. The molecule has 0 aliphatic rings. The Labute approximate surface area is 55.1 Å². The van der Waals surface area contributed by atoms with Gasteiger partial charge in [0.15, 0.2) is 6.54 Å². The molecule has 0 heterocycles. The molecular weight excluding hydrogens is 116 g/mol. The number of azo groups is 1. The van der Waals surface area contributed by atoms with Crippen molar-refractivity contribution in [2.24, 2.45) is 5.11 Å². The molecule has 0 aliphatic carbocycles. The number of nitrogens with zero attached hydrogens (tertiary/aromatic N) is 3. The highest BCUT2D eigenvalue weighted by atomic mass is 15.5. The van der Waals surface area contributed by atoms with Crippen molar-refractivity contribution in [2.75, 3.05) is 13.6 Å². The van der Waals surface area contributed by atoms with Crippen LogP contribution in [0.3, 0.4) is 0 Å². The van der Waals surface area contributed by atoms with Gasteiger partial charge in [0.05, 0.1) is 5.84 Å². The van der Waals surface area contributed by atoms with Gasteiger partial charge in [-0.2, -0.15) is 9.92 Å². The van der Waals surface area contributed by atoms with Crippen LogP contribution in [0.5, 0.6) is 0 Å². The Bertz CT molecular complexity index is 121. The SMILES string of the molecule is CC[N+](=NC(C)=N)[N-]C. The molecule has 0 rings (SSSR count). The van der Waals surface area contributed by atoms with Crippen LogP contribution in [0.2, 0.25) is 0 Å². The zero-order valence-corrected chi connectivity index (χ0v) is 6.05. The summed E-state index contributed by atoms with van der Waals surface area (Å²) in [5.74, 6) is 0.280. The van der Waals surface area contributed by atoms with Gasteiger partial charge in [0, 0.05) is 0 Å². The molecule has 0 saturated heterocycles. The normalized spacial score (nSPS) is 11.2. The average Bonchev–Trinajstić information content (AvgIpc) is 1.82. The number of nitrogens with one attached hydrogen (secondary N) is 1. The highest BCUT2D eigenvalue weighted by Gasteiger charge is 1.85. The lowest BCUT2D eigenvalue weighted by atomic mass is 10.7. The topological polar surface area (TPSA) is 53.3 Å². The lowest BCUT2D eigenvalue weighted by Crippen LogP contribution is -2.03. The van der Waals surface area contributed by atoms with Gasteiger partial charge < -0.3 is 5.41 Å². The average molecular weight is 128 g/mol. The standard InChI is InChI=1S/C5H12N4/c1-4-9(7-3)8-5(2)6/h6H,4H2,1-3H3. The molecule has 52 valence electrons. The van der Waals surface area contributed by atoms with E-state index in [0.717, 1.165) is 0 Å². The second kappa shape index (κ2) is 4.00. The minimum atomic E-state index is 0.280. The van der Waals surface area contributed by atoms with Crippen molar-refractivity contribution in [1.29, 1.82) is 5.41 Å². The van der Waals surface area contributed by atoms with Crippen LogP contribution in [0.15, 0.2) is 5.11 Å². The third-order valence-electron chi connectivity index (χ3n) is 0.779. The van der Waals surface area contributed by atoms with Crippen LogP contribution in [0.4, 0.5) is 0 Å². The summed E-state index contributed by atoms with van der Waals surface area (Å²) in [5.41, 5.74) is 3.77. The molecule has 0 radical (unpaired) electrons. The second-order valence-electron chi connectivity index (χ2n) is 1.57.